The zero-order valence-corrected chi connectivity index (χ0v) is 19.9. The van der Waals surface area contributed by atoms with Crippen LogP contribution < -0.4 is 14.8 Å². The highest BCUT2D eigenvalue weighted by Gasteiger charge is 2.48. The number of hydrogen-bond donors (Lipinski definition) is 1. The molecule has 0 aromatic heterocycles. The average Bonchev–Trinajstić information content (AvgIpc) is 2.80. The van der Waals surface area contributed by atoms with Gasteiger partial charge in [0.1, 0.15) is 17.4 Å². The molecule has 0 amide bonds. The van der Waals surface area contributed by atoms with E-state index in [9.17, 15) is 14.4 Å². The van der Waals surface area contributed by atoms with Crippen molar-refractivity contribution >= 4 is 17.7 Å². The highest BCUT2D eigenvalue weighted by atomic mass is 16.5. The minimum absolute atomic E-state index is 0.249. The second-order valence-corrected chi connectivity index (χ2v) is 8.28. The Morgan fingerprint density at radius 3 is 2.48 bits per heavy atom. The summed E-state index contributed by atoms with van der Waals surface area (Å²) in [7, 11) is 4.33. The number of dihydropyridines is 1. The monoisotopic (exact) mass is 457 g/mol. The Balaban J connectivity index is 2.25. The summed E-state index contributed by atoms with van der Waals surface area (Å²) >= 11 is 0. The molecule has 1 aliphatic heterocycles. The summed E-state index contributed by atoms with van der Waals surface area (Å²) in [6.07, 6.45) is 1.12. The third kappa shape index (κ3) is 4.47. The van der Waals surface area contributed by atoms with Gasteiger partial charge in [-0.3, -0.25) is 9.59 Å². The van der Waals surface area contributed by atoms with Gasteiger partial charge in [-0.05, 0) is 43.9 Å². The Morgan fingerprint density at radius 2 is 1.88 bits per heavy atom. The molecule has 0 bridgehead atoms. The van der Waals surface area contributed by atoms with Gasteiger partial charge in [0, 0.05) is 22.5 Å². The summed E-state index contributed by atoms with van der Waals surface area (Å²) in [6.45, 7) is 5.78. The molecular formula is C25H31NO7. The van der Waals surface area contributed by atoms with Gasteiger partial charge in [0.05, 0.1) is 39.4 Å². The first-order valence-electron chi connectivity index (χ1n) is 11.0. The Hall–Kier alpha value is -3.29. The number of ether oxygens (including phenoxy) is 4. The molecular weight excluding hydrogens is 426 g/mol. The van der Waals surface area contributed by atoms with E-state index in [1.165, 1.54) is 21.3 Å². The molecule has 1 heterocycles. The molecule has 8 nitrogen and oxygen atoms in total. The van der Waals surface area contributed by atoms with Crippen molar-refractivity contribution in [1.82, 2.24) is 5.32 Å². The Bertz CT molecular complexity index is 1020. The molecule has 0 spiro atoms. The van der Waals surface area contributed by atoms with Crippen LogP contribution in [0.15, 0.2) is 40.7 Å². The second kappa shape index (κ2) is 10.1. The van der Waals surface area contributed by atoms with Gasteiger partial charge in [-0.1, -0.05) is 13.8 Å². The summed E-state index contributed by atoms with van der Waals surface area (Å²) in [4.78, 5) is 39.5. The quantitative estimate of drug-likeness (QED) is 0.492. The van der Waals surface area contributed by atoms with E-state index in [0.717, 1.165) is 0 Å². The normalized spacial score (nSPS) is 22.4. The minimum atomic E-state index is -0.957. The highest BCUT2D eigenvalue weighted by Crippen LogP contribution is 2.48. The van der Waals surface area contributed by atoms with E-state index >= 15 is 0 Å². The van der Waals surface area contributed by atoms with Crippen LogP contribution in [0.1, 0.15) is 45.1 Å². The number of nitrogens with one attached hydrogen (secondary N) is 1. The topological polar surface area (TPSA) is 100 Å². The maximum atomic E-state index is 13.8. The van der Waals surface area contributed by atoms with Crippen LogP contribution in [-0.4, -0.2) is 45.7 Å². The van der Waals surface area contributed by atoms with Crippen molar-refractivity contribution in [3.05, 3.63) is 46.3 Å². The Morgan fingerprint density at radius 1 is 1.15 bits per heavy atom. The molecule has 0 fully saturated rings. The molecule has 178 valence electrons. The summed E-state index contributed by atoms with van der Waals surface area (Å²) < 4.78 is 21.4. The third-order valence-electron chi connectivity index (χ3n) is 6.15. The van der Waals surface area contributed by atoms with Gasteiger partial charge in [-0.2, -0.15) is 0 Å². The van der Waals surface area contributed by atoms with Crippen LogP contribution in [0.3, 0.4) is 0 Å². The molecule has 0 saturated carbocycles. The third-order valence-corrected chi connectivity index (χ3v) is 6.15. The molecule has 0 radical (unpaired) electrons. The fraction of sp³-hybridized carbons (Fsp3) is 0.480. The lowest BCUT2D eigenvalue weighted by molar-refractivity contribution is -0.151. The van der Waals surface area contributed by atoms with E-state index in [1.807, 2.05) is 13.8 Å². The van der Waals surface area contributed by atoms with Crippen LogP contribution in [0.4, 0.5) is 0 Å². The average molecular weight is 458 g/mol. The molecule has 1 aromatic rings. The fourth-order valence-corrected chi connectivity index (χ4v) is 4.60. The molecule has 0 unspecified atom stereocenters. The largest absolute Gasteiger partial charge is 0.497 e. The first-order valence-corrected chi connectivity index (χ1v) is 11.0. The van der Waals surface area contributed by atoms with Crippen LogP contribution in [0.25, 0.3) is 0 Å². The zero-order valence-electron chi connectivity index (χ0n) is 19.9. The summed E-state index contributed by atoms with van der Waals surface area (Å²) in [5.74, 6) is -2.45. The number of rotatable bonds is 7. The number of carbonyl (C=O) groups excluding carboxylic acids is 3. The van der Waals surface area contributed by atoms with Crippen molar-refractivity contribution in [3.8, 4) is 11.5 Å². The SMILES string of the molecule is CCCOC(=O)C1=C(C)NC2=C(C(=O)[C@@H](C(=O)OC)[C@H](C)C2)[C@@H]1c1cc(OC)ccc1OC. The van der Waals surface area contributed by atoms with E-state index in [0.29, 0.717) is 52.4 Å². The van der Waals surface area contributed by atoms with Gasteiger partial charge in [0.15, 0.2) is 5.78 Å². The highest BCUT2D eigenvalue weighted by molar-refractivity contribution is 6.12. The van der Waals surface area contributed by atoms with Crippen LogP contribution in [0, 0.1) is 11.8 Å². The van der Waals surface area contributed by atoms with Crippen LogP contribution in [-0.2, 0) is 23.9 Å². The van der Waals surface area contributed by atoms with Crippen molar-refractivity contribution in [2.75, 3.05) is 27.9 Å². The lowest BCUT2D eigenvalue weighted by Crippen LogP contribution is -2.43. The maximum Gasteiger partial charge on any atom is 0.336 e. The van der Waals surface area contributed by atoms with E-state index in [4.69, 9.17) is 18.9 Å². The van der Waals surface area contributed by atoms with Gasteiger partial charge < -0.3 is 24.3 Å². The Labute approximate surface area is 193 Å². The van der Waals surface area contributed by atoms with Crippen LogP contribution >= 0.6 is 0 Å². The van der Waals surface area contributed by atoms with Gasteiger partial charge in [-0.25, -0.2) is 4.79 Å². The van der Waals surface area contributed by atoms with Crippen molar-refractivity contribution in [2.45, 2.75) is 39.5 Å². The number of ketones is 1. The summed E-state index contributed by atoms with van der Waals surface area (Å²) in [6, 6.07) is 5.22. The smallest absolute Gasteiger partial charge is 0.336 e. The van der Waals surface area contributed by atoms with Crippen molar-refractivity contribution in [1.29, 1.82) is 0 Å². The molecule has 3 atom stereocenters. The molecule has 0 saturated heterocycles. The maximum absolute atomic E-state index is 13.8. The number of carbonyl (C=O) groups is 3. The van der Waals surface area contributed by atoms with Gasteiger partial charge in [0.25, 0.3) is 0 Å². The predicted molar refractivity (Wildman–Crippen MR) is 121 cm³/mol. The van der Waals surface area contributed by atoms with E-state index in [2.05, 4.69) is 5.32 Å². The molecule has 8 heteroatoms. The number of esters is 2. The molecule has 1 aromatic carbocycles. The van der Waals surface area contributed by atoms with E-state index in [-0.39, 0.29) is 18.3 Å². The Kier molecular flexibility index (Phi) is 7.46. The van der Waals surface area contributed by atoms with Gasteiger partial charge in [-0.15, -0.1) is 0 Å². The lowest BCUT2D eigenvalue weighted by atomic mass is 9.69. The first-order chi connectivity index (χ1) is 15.8. The zero-order chi connectivity index (χ0) is 24.3. The summed E-state index contributed by atoms with van der Waals surface area (Å²) in [5.41, 5.74) is 2.53. The summed E-state index contributed by atoms with van der Waals surface area (Å²) in [5, 5.41) is 3.24. The number of benzene rings is 1. The molecule has 1 N–H and O–H groups in total. The first kappa shape index (κ1) is 24.4. The molecule has 33 heavy (non-hydrogen) atoms. The number of methoxy groups -OCH3 is 3. The number of allylic oxidation sites excluding steroid dienone is 3. The lowest BCUT2D eigenvalue weighted by Gasteiger charge is -2.38. The van der Waals surface area contributed by atoms with Crippen LogP contribution in [0.5, 0.6) is 11.5 Å². The van der Waals surface area contributed by atoms with Crippen molar-refractivity contribution in [2.24, 2.45) is 11.8 Å². The van der Waals surface area contributed by atoms with Gasteiger partial charge in [0.2, 0.25) is 0 Å². The van der Waals surface area contributed by atoms with E-state index in [1.54, 1.807) is 25.1 Å². The fourth-order valence-electron chi connectivity index (χ4n) is 4.60. The number of Topliss-reactive ketones (excluding diaryl/α,β-unsaturated/α-hetero) is 1. The van der Waals surface area contributed by atoms with Crippen LogP contribution in [0.2, 0.25) is 0 Å². The molecule has 2 aliphatic rings. The second-order valence-electron chi connectivity index (χ2n) is 8.28. The van der Waals surface area contributed by atoms with Gasteiger partial charge >= 0.3 is 11.9 Å². The molecule has 1 aliphatic carbocycles. The molecule has 3 rings (SSSR count). The number of hydrogen-bond acceptors (Lipinski definition) is 8. The van der Waals surface area contributed by atoms with E-state index < -0.39 is 23.8 Å². The minimum Gasteiger partial charge on any atom is -0.497 e. The van der Waals surface area contributed by atoms with Crippen molar-refractivity contribution in [3.63, 3.8) is 0 Å². The van der Waals surface area contributed by atoms with Crippen molar-refractivity contribution < 1.29 is 33.3 Å². The predicted octanol–water partition coefficient (Wildman–Crippen LogP) is 3.27. The standard InChI is InChI=1S/C25H31NO7/c1-7-10-33-25(29)20-14(3)26-17-11-13(2)19(24(28)32-6)23(27)22(17)21(20)16-12-15(30-4)8-9-18(16)31-5/h8-9,12-13,19,21,26H,7,10-11H2,1-6H3/t13-,19+,21-/m1/s1.